The number of para-hydroxylation sites is 2. The molecule has 1 atom stereocenters. The molecule has 0 radical (unpaired) electrons. The first-order chi connectivity index (χ1) is 14.3. The monoisotopic (exact) mass is 410 g/mol. The summed E-state index contributed by atoms with van der Waals surface area (Å²) in [6.07, 6.45) is 0. The summed E-state index contributed by atoms with van der Waals surface area (Å²) in [6, 6.07) is 6.28. The third-order valence-corrected chi connectivity index (χ3v) is 5.50. The Morgan fingerprint density at radius 2 is 1.93 bits per heavy atom. The molecule has 0 spiro atoms. The Hall–Kier alpha value is -3.49. The van der Waals surface area contributed by atoms with E-state index in [-0.39, 0.29) is 12.3 Å². The van der Waals surface area contributed by atoms with Gasteiger partial charge in [0.25, 0.3) is 5.91 Å². The van der Waals surface area contributed by atoms with Crippen molar-refractivity contribution in [3.8, 4) is 11.4 Å². The predicted molar refractivity (Wildman–Crippen MR) is 108 cm³/mol. The van der Waals surface area contributed by atoms with Crippen LogP contribution in [0.1, 0.15) is 31.3 Å². The first-order valence-electron chi connectivity index (χ1n) is 9.80. The molecule has 2 aliphatic heterocycles. The van der Waals surface area contributed by atoms with Gasteiger partial charge < -0.3 is 4.74 Å². The Bertz CT molecular complexity index is 1120. The number of urea groups is 1. The van der Waals surface area contributed by atoms with Crippen molar-refractivity contribution < 1.29 is 23.7 Å². The highest BCUT2D eigenvalue weighted by Gasteiger charge is 2.54. The number of carbonyl (C=O) groups excluding carboxylic acids is 3. The second-order valence-corrected chi connectivity index (χ2v) is 7.42. The standard InChI is InChI=1S/C21H24N5O4/c1-6-30-16-10-8-7-9-15(16)25-13(3)14(4)26-17-18(22-20(25)26)23(5)21(29)24(19(17)28)11-12(2)27/h7-10,17H,6,11H2,1-5H3/q+1. The summed E-state index contributed by atoms with van der Waals surface area (Å²) in [7, 11) is 1.57. The third kappa shape index (κ3) is 2.72. The van der Waals surface area contributed by atoms with Crippen molar-refractivity contribution in [1.29, 1.82) is 0 Å². The number of aliphatic imine (C=N–C) groups is 1. The maximum atomic E-state index is 13.2. The second kappa shape index (κ2) is 7.08. The van der Waals surface area contributed by atoms with E-state index >= 15 is 0 Å². The molecule has 0 saturated carbocycles. The van der Waals surface area contributed by atoms with Gasteiger partial charge in [-0.05, 0) is 39.8 Å². The van der Waals surface area contributed by atoms with Gasteiger partial charge in [0.05, 0.1) is 13.2 Å². The number of aromatic nitrogens is 2. The van der Waals surface area contributed by atoms with Crippen LogP contribution in [-0.4, -0.2) is 58.1 Å². The van der Waals surface area contributed by atoms with Crippen LogP contribution in [0.2, 0.25) is 0 Å². The van der Waals surface area contributed by atoms with E-state index in [1.165, 1.54) is 11.8 Å². The molecule has 30 heavy (non-hydrogen) atoms. The zero-order chi connectivity index (χ0) is 21.7. The van der Waals surface area contributed by atoms with E-state index in [2.05, 4.69) is 4.99 Å². The number of imidazole rings is 1. The van der Waals surface area contributed by atoms with E-state index in [1.54, 1.807) is 7.05 Å². The maximum Gasteiger partial charge on any atom is 0.407 e. The fraction of sp³-hybridized carbons (Fsp3) is 0.381. The van der Waals surface area contributed by atoms with Crippen LogP contribution in [0.5, 0.6) is 5.75 Å². The lowest BCUT2D eigenvalue weighted by atomic mass is 10.1. The molecular weight excluding hydrogens is 386 g/mol. The zero-order valence-corrected chi connectivity index (χ0v) is 17.7. The van der Waals surface area contributed by atoms with Crippen molar-refractivity contribution in [3.05, 3.63) is 35.7 Å². The van der Waals surface area contributed by atoms with Crippen molar-refractivity contribution in [1.82, 2.24) is 14.4 Å². The Labute approximate surface area is 174 Å². The summed E-state index contributed by atoms with van der Waals surface area (Å²) in [5, 5.41) is 0. The number of amidine groups is 1. The number of likely N-dealkylation sites (N-methyl/N-ethyl adjacent to an activating group) is 1. The smallest absolute Gasteiger partial charge is 0.407 e. The molecule has 3 amide bonds. The summed E-state index contributed by atoms with van der Waals surface area (Å²) in [4.78, 5) is 44.6. The van der Waals surface area contributed by atoms with E-state index in [0.717, 1.165) is 22.0 Å². The Morgan fingerprint density at radius 3 is 2.60 bits per heavy atom. The van der Waals surface area contributed by atoms with Gasteiger partial charge in [-0.25, -0.2) is 9.36 Å². The average Bonchev–Trinajstić information content (AvgIpc) is 3.20. The lowest BCUT2D eigenvalue weighted by molar-refractivity contribution is -0.682. The molecule has 0 aliphatic carbocycles. The van der Waals surface area contributed by atoms with Crippen molar-refractivity contribution in [3.63, 3.8) is 0 Å². The van der Waals surface area contributed by atoms with E-state index in [9.17, 15) is 14.4 Å². The lowest BCUT2D eigenvalue weighted by Crippen LogP contribution is -2.63. The Morgan fingerprint density at radius 1 is 1.23 bits per heavy atom. The molecule has 2 aliphatic rings. The quantitative estimate of drug-likeness (QED) is 0.704. The number of carbonyl (C=O) groups is 3. The third-order valence-electron chi connectivity index (χ3n) is 5.50. The largest absolute Gasteiger partial charge is 0.490 e. The van der Waals surface area contributed by atoms with Crippen LogP contribution in [0, 0.1) is 13.8 Å². The number of hydrogen-bond acceptors (Lipinski definition) is 5. The highest BCUT2D eigenvalue weighted by Crippen LogP contribution is 2.35. The van der Waals surface area contributed by atoms with Crippen LogP contribution >= 0.6 is 0 Å². The molecule has 1 aromatic carbocycles. The number of Topliss-reactive ketones (excluding diaryl/α,β-unsaturated/α-hetero) is 1. The van der Waals surface area contributed by atoms with Gasteiger partial charge in [0.15, 0.2) is 5.75 Å². The van der Waals surface area contributed by atoms with Gasteiger partial charge in [0.2, 0.25) is 11.9 Å². The summed E-state index contributed by atoms with van der Waals surface area (Å²) in [6.45, 7) is 7.39. The number of hydrogen-bond donors (Lipinski definition) is 0. The molecule has 9 heteroatoms. The van der Waals surface area contributed by atoms with Crippen molar-refractivity contribution in [2.45, 2.75) is 33.7 Å². The summed E-state index contributed by atoms with van der Waals surface area (Å²) in [5.74, 6) is 0.880. The second-order valence-electron chi connectivity index (χ2n) is 7.42. The predicted octanol–water partition coefficient (Wildman–Crippen LogP) is 1.85. The van der Waals surface area contributed by atoms with Crippen LogP contribution in [0.4, 0.5) is 10.7 Å². The van der Waals surface area contributed by atoms with Crippen LogP contribution < -0.4 is 9.30 Å². The number of fused-ring (bicyclic) bond motifs is 3. The molecule has 1 fully saturated rings. The number of ketones is 1. The van der Waals surface area contributed by atoms with E-state index in [1.807, 2.05) is 54.2 Å². The van der Waals surface area contributed by atoms with E-state index in [4.69, 9.17) is 4.74 Å². The summed E-state index contributed by atoms with van der Waals surface area (Å²) < 4.78 is 9.56. The molecule has 1 aromatic heterocycles. The summed E-state index contributed by atoms with van der Waals surface area (Å²) >= 11 is 0. The van der Waals surface area contributed by atoms with Crippen LogP contribution in [0.15, 0.2) is 29.3 Å². The van der Waals surface area contributed by atoms with Crippen molar-refractivity contribution in [2.24, 2.45) is 4.99 Å². The number of benzene rings is 1. The fourth-order valence-corrected chi connectivity index (χ4v) is 4.01. The first kappa shape index (κ1) is 19.8. The fourth-order valence-electron chi connectivity index (χ4n) is 4.01. The lowest BCUT2D eigenvalue weighted by Gasteiger charge is -2.32. The van der Waals surface area contributed by atoms with Gasteiger partial charge in [-0.2, -0.15) is 4.57 Å². The molecule has 1 unspecified atom stereocenters. The number of rotatable bonds is 5. The molecule has 3 heterocycles. The minimum absolute atomic E-state index is 0.256. The number of imide groups is 1. The average molecular weight is 410 g/mol. The highest BCUT2D eigenvalue weighted by molar-refractivity contribution is 6.19. The molecule has 156 valence electrons. The molecule has 1 saturated heterocycles. The van der Waals surface area contributed by atoms with E-state index < -0.39 is 18.0 Å². The number of amides is 3. The molecule has 0 bridgehead atoms. The SMILES string of the molecule is CCOc1ccccc1-n1c(C)c(C)[n+]2c1N=C1C2C(=O)N(CC(C)=O)C(=O)N1C. The topological polar surface area (TPSA) is 88.1 Å². The van der Waals surface area contributed by atoms with Crippen LogP contribution in [-0.2, 0) is 9.59 Å². The van der Waals surface area contributed by atoms with Crippen molar-refractivity contribution in [2.75, 3.05) is 20.2 Å². The molecule has 0 N–H and O–H groups in total. The minimum Gasteiger partial charge on any atom is -0.490 e. The maximum absolute atomic E-state index is 13.2. The Balaban J connectivity index is 1.91. The van der Waals surface area contributed by atoms with E-state index in [0.29, 0.717) is 24.1 Å². The molecule has 9 nitrogen and oxygen atoms in total. The van der Waals surface area contributed by atoms with Crippen molar-refractivity contribution >= 4 is 29.5 Å². The first-order valence-corrected chi connectivity index (χ1v) is 9.80. The zero-order valence-electron chi connectivity index (χ0n) is 17.7. The normalized spacial score (nSPS) is 17.8. The Kier molecular flexibility index (Phi) is 4.68. The number of ether oxygens (including phenoxy) is 1. The summed E-state index contributed by atoms with van der Waals surface area (Å²) in [5.41, 5.74) is 2.56. The van der Waals surface area contributed by atoms with Gasteiger partial charge in [-0.15, -0.1) is 0 Å². The van der Waals surface area contributed by atoms with Gasteiger partial charge >= 0.3 is 12.0 Å². The molecular formula is C21H24N5O4+. The number of nitrogens with zero attached hydrogens (tertiary/aromatic N) is 5. The van der Waals surface area contributed by atoms with Gasteiger partial charge in [0.1, 0.15) is 22.9 Å². The van der Waals surface area contributed by atoms with Gasteiger partial charge in [-0.1, -0.05) is 17.1 Å². The molecule has 4 rings (SSSR count). The van der Waals surface area contributed by atoms with Crippen LogP contribution in [0.3, 0.4) is 0 Å². The molecule has 2 aromatic rings. The highest BCUT2D eigenvalue weighted by atomic mass is 16.5. The van der Waals surface area contributed by atoms with Gasteiger partial charge in [0, 0.05) is 7.05 Å². The minimum atomic E-state index is -0.791. The van der Waals surface area contributed by atoms with Gasteiger partial charge in [-0.3, -0.25) is 19.4 Å². The van der Waals surface area contributed by atoms with Crippen LogP contribution in [0.25, 0.3) is 5.69 Å².